The van der Waals surface area contributed by atoms with Crippen LogP contribution in [0.25, 0.3) is 0 Å². The molecule has 0 aromatic carbocycles. The molecule has 2 aliphatic heterocycles. The van der Waals surface area contributed by atoms with Crippen molar-refractivity contribution in [1.82, 2.24) is 15.1 Å². The molecule has 2 fully saturated rings. The largest absolute Gasteiger partial charge is 0.332 e. The van der Waals surface area contributed by atoms with Gasteiger partial charge in [-0.15, -0.1) is 0 Å². The van der Waals surface area contributed by atoms with Crippen LogP contribution in [0.4, 0.5) is 0 Å². The van der Waals surface area contributed by atoms with Crippen molar-refractivity contribution < 1.29 is 9.59 Å². The summed E-state index contributed by atoms with van der Waals surface area (Å²) in [5, 5.41) is 3.54. The molecule has 1 N–H and O–H groups in total. The van der Waals surface area contributed by atoms with E-state index in [1.807, 2.05) is 0 Å². The van der Waals surface area contributed by atoms with E-state index in [1.165, 1.54) is 0 Å². The minimum atomic E-state index is -0.161. The number of piperazine rings is 1. The number of rotatable bonds is 8. The zero-order valence-corrected chi connectivity index (χ0v) is 13.4. The van der Waals surface area contributed by atoms with Crippen molar-refractivity contribution in [2.24, 2.45) is 0 Å². The van der Waals surface area contributed by atoms with Crippen LogP contribution in [0.2, 0.25) is 0 Å². The standard InChI is InChI=1S/C16H29N3O2/c1-3-9-17-13(4-2)7-5-10-18-12-15(20)19-11-6-8-14(19)16(18)21/h13-14,17H,3-12H2,1-2H3. The molecular weight excluding hydrogens is 266 g/mol. The Bertz CT molecular complexity index is 373. The second-order valence-electron chi connectivity index (χ2n) is 6.21. The quantitative estimate of drug-likeness (QED) is 0.736. The Kier molecular flexibility index (Phi) is 6.03. The third kappa shape index (κ3) is 3.96. The highest BCUT2D eigenvalue weighted by molar-refractivity contribution is 5.95. The van der Waals surface area contributed by atoms with E-state index in [0.29, 0.717) is 6.04 Å². The first-order valence-corrected chi connectivity index (χ1v) is 8.49. The maximum absolute atomic E-state index is 12.4. The number of nitrogens with zero attached hydrogens (tertiary/aromatic N) is 2. The summed E-state index contributed by atoms with van der Waals surface area (Å²) in [5.74, 6) is 0.301. The molecule has 2 heterocycles. The van der Waals surface area contributed by atoms with E-state index in [1.54, 1.807) is 9.80 Å². The highest BCUT2D eigenvalue weighted by Crippen LogP contribution is 2.23. The summed E-state index contributed by atoms with van der Waals surface area (Å²) in [6, 6.07) is 0.370. The number of carbonyl (C=O) groups excluding carboxylic acids is 2. The van der Waals surface area contributed by atoms with Gasteiger partial charge in [0.1, 0.15) is 6.04 Å². The van der Waals surface area contributed by atoms with Crippen molar-refractivity contribution in [1.29, 1.82) is 0 Å². The fourth-order valence-corrected chi connectivity index (χ4v) is 3.38. The minimum absolute atomic E-state index is 0.133. The second kappa shape index (κ2) is 7.78. The van der Waals surface area contributed by atoms with E-state index in [9.17, 15) is 9.59 Å². The van der Waals surface area contributed by atoms with Crippen LogP contribution in [0.1, 0.15) is 52.4 Å². The Labute approximate surface area is 128 Å². The summed E-state index contributed by atoms with van der Waals surface area (Å²) < 4.78 is 0. The van der Waals surface area contributed by atoms with Crippen molar-refractivity contribution in [2.45, 2.75) is 64.5 Å². The van der Waals surface area contributed by atoms with E-state index < -0.39 is 0 Å². The van der Waals surface area contributed by atoms with Crippen molar-refractivity contribution in [3.05, 3.63) is 0 Å². The maximum Gasteiger partial charge on any atom is 0.245 e. The number of fused-ring (bicyclic) bond motifs is 1. The molecule has 2 amide bonds. The molecular formula is C16H29N3O2. The lowest BCUT2D eigenvalue weighted by molar-refractivity contribution is -0.153. The Morgan fingerprint density at radius 1 is 1.33 bits per heavy atom. The summed E-state index contributed by atoms with van der Waals surface area (Å²) in [6.07, 6.45) is 6.12. The van der Waals surface area contributed by atoms with Crippen LogP contribution in [-0.2, 0) is 9.59 Å². The summed E-state index contributed by atoms with van der Waals surface area (Å²) in [5.41, 5.74) is 0. The lowest BCUT2D eigenvalue weighted by Crippen LogP contribution is -2.57. The third-order valence-electron chi connectivity index (χ3n) is 4.65. The third-order valence-corrected chi connectivity index (χ3v) is 4.65. The minimum Gasteiger partial charge on any atom is -0.332 e. The van der Waals surface area contributed by atoms with Gasteiger partial charge in [0.05, 0.1) is 6.54 Å². The molecule has 2 rings (SSSR count). The van der Waals surface area contributed by atoms with Crippen LogP contribution < -0.4 is 5.32 Å². The molecule has 0 aliphatic carbocycles. The van der Waals surface area contributed by atoms with Gasteiger partial charge in [0, 0.05) is 19.1 Å². The van der Waals surface area contributed by atoms with Gasteiger partial charge in [0.15, 0.2) is 0 Å². The van der Waals surface area contributed by atoms with Gasteiger partial charge in [-0.2, -0.15) is 0 Å². The maximum atomic E-state index is 12.4. The van der Waals surface area contributed by atoms with Gasteiger partial charge in [0.25, 0.3) is 0 Å². The molecule has 0 aromatic rings. The Morgan fingerprint density at radius 2 is 2.14 bits per heavy atom. The van der Waals surface area contributed by atoms with Crippen LogP contribution in [-0.4, -0.2) is 59.9 Å². The molecule has 5 nitrogen and oxygen atoms in total. The zero-order chi connectivity index (χ0) is 15.2. The van der Waals surface area contributed by atoms with E-state index in [4.69, 9.17) is 0 Å². The topological polar surface area (TPSA) is 52.7 Å². The van der Waals surface area contributed by atoms with Crippen LogP contribution in [0, 0.1) is 0 Å². The SMILES string of the molecule is CCCNC(CC)CCCN1CC(=O)N2CCCC2C1=O. The smallest absolute Gasteiger partial charge is 0.245 e. The fraction of sp³-hybridized carbons (Fsp3) is 0.875. The van der Waals surface area contributed by atoms with Gasteiger partial charge in [0.2, 0.25) is 11.8 Å². The van der Waals surface area contributed by atoms with Crippen LogP contribution in [0.15, 0.2) is 0 Å². The molecule has 0 spiro atoms. The first-order valence-electron chi connectivity index (χ1n) is 8.49. The molecule has 0 radical (unpaired) electrons. The van der Waals surface area contributed by atoms with Gasteiger partial charge in [-0.3, -0.25) is 9.59 Å². The average molecular weight is 295 g/mol. The van der Waals surface area contributed by atoms with Crippen LogP contribution in [0.5, 0.6) is 0 Å². The van der Waals surface area contributed by atoms with E-state index in [-0.39, 0.29) is 24.4 Å². The van der Waals surface area contributed by atoms with E-state index in [2.05, 4.69) is 19.2 Å². The number of amides is 2. The second-order valence-corrected chi connectivity index (χ2v) is 6.21. The lowest BCUT2D eigenvalue weighted by Gasteiger charge is -2.36. The van der Waals surface area contributed by atoms with Crippen molar-refractivity contribution in [3.63, 3.8) is 0 Å². The highest BCUT2D eigenvalue weighted by atomic mass is 16.2. The van der Waals surface area contributed by atoms with Crippen molar-refractivity contribution in [2.75, 3.05) is 26.2 Å². The average Bonchev–Trinajstić information content (AvgIpc) is 2.98. The van der Waals surface area contributed by atoms with Crippen molar-refractivity contribution >= 4 is 11.8 Å². The van der Waals surface area contributed by atoms with Gasteiger partial charge >= 0.3 is 0 Å². The molecule has 2 unspecified atom stereocenters. The van der Waals surface area contributed by atoms with Gasteiger partial charge in [-0.05, 0) is 45.1 Å². The van der Waals surface area contributed by atoms with Crippen molar-refractivity contribution in [3.8, 4) is 0 Å². The Balaban J connectivity index is 1.77. The number of hydrogen-bond donors (Lipinski definition) is 1. The molecule has 2 atom stereocenters. The van der Waals surface area contributed by atoms with E-state index in [0.717, 1.165) is 58.2 Å². The fourth-order valence-electron chi connectivity index (χ4n) is 3.38. The molecule has 0 bridgehead atoms. The molecule has 2 saturated heterocycles. The predicted molar refractivity (Wildman–Crippen MR) is 82.9 cm³/mol. The van der Waals surface area contributed by atoms with Gasteiger partial charge in [-0.25, -0.2) is 0 Å². The van der Waals surface area contributed by atoms with Gasteiger partial charge in [-0.1, -0.05) is 13.8 Å². The summed E-state index contributed by atoms with van der Waals surface area (Å²) in [4.78, 5) is 28.0. The Hall–Kier alpha value is -1.10. The highest BCUT2D eigenvalue weighted by Gasteiger charge is 2.41. The summed E-state index contributed by atoms with van der Waals surface area (Å²) in [7, 11) is 0. The molecule has 2 aliphatic rings. The monoisotopic (exact) mass is 295 g/mol. The molecule has 0 aromatic heterocycles. The molecule has 5 heteroatoms. The number of carbonyl (C=O) groups is 2. The summed E-state index contributed by atoms with van der Waals surface area (Å²) >= 11 is 0. The van der Waals surface area contributed by atoms with Gasteiger partial charge < -0.3 is 15.1 Å². The first kappa shape index (κ1) is 16.3. The number of hydrogen-bond acceptors (Lipinski definition) is 3. The first-order chi connectivity index (χ1) is 10.2. The van der Waals surface area contributed by atoms with Crippen LogP contribution >= 0.6 is 0 Å². The molecule has 21 heavy (non-hydrogen) atoms. The lowest BCUT2D eigenvalue weighted by atomic mass is 10.1. The normalized spacial score (nSPS) is 23.6. The number of nitrogens with one attached hydrogen (secondary N) is 1. The molecule has 120 valence electrons. The summed E-state index contributed by atoms with van der Waals surface area (Å²) in [6.45, 7) is 7.19. The van der Waals surface area contributed by atoms with Crippen LogP contribution in [0.3, 0.4) is 0 Å². The predicted octanol–water partition coefficient (Wildman–Crippen LogP) is 1.38. The van der Waals surface area contributed by atoms with E-state index >= 15 is 0 Å². The molecule has 0 saturated carbocycles. The zero-order valence-electron chi connectivity index (χ0n) is 13.4. The Morgan fingerprint density at radius 3 is 2.86 bits per heavy atom.